The molecule has 0 bridgehead atoms. The maximum atomic E-state index is 12.4. The van der Waals surface area contributed by atoms with E-state index in [1.165, 1.54) is 19.1 Å². The van der Waals surface area contributed by atoms with E-state index < -0.39 is 15.6 Å². The van der Waals surface area contributed by atoms with Crippen molar-refractivity contribution >= 4 is 21.6 Å². The van der Waals surface area contributed by atoms with Gasteiger partial charge < -0.3 is 9.64 Å². The quantitative estimate of drug-likeness (QED) is 0.797. The van der Waals surface area contributed by atoms with Crippen molar-refractivity contribution in [3.05, 3.63) is 18.2 Å². The molecule has 6 nitrogen and oxygen atoms in total. The van der Waals surface area contributed by atoms with Crippen molar-refractivity contribution in [1.29, 1.82) is 0 Å². The summed E-state index contributed by atoms with van der Waals surface area (Å²) in [6.07, 6.45) is 2.81. The first-order valence-corrected chi connectivity index (χ1v) is 9.75. The summed E-state index contributed by atoms with van der Waals surface area (Å²) in [5.41, 5.74) is -0.0180. The summed E-state index contributed by atoms with van der Waals surface area (Å²) in [4.78, 5) is 13.7. The van der Waals surface area contributed by atoms with E-state index in [2.05, 4.69) is 11.6 Å². The van der Waals surface area contributed by atoms with Crippen LogP contribution in [0.1, 0.15) is 47.0 Å². The molecule has 1 aromatic carbocycles. The first kappa shape index (κ1) is 18.7. The Morgan fingerprint density at radius 2 is 2.04 bits per heavy atom. The van der Waals surface area contributed by atoms with E-state index in [1.54, 1.807) is 11.0 Å². The molecule has 1 aliphatic heterocycles. The normalized spacial score (nSPS) is 16.4. The van der Waals surface area contributed by atoms with Crippen molar-refractivity contribution in [3.8, 4) is 5.75 Å². The van der Waals surface area contributed by atoms with Gasteiger partial charge in [0.15, 0.2) is 0 Å². The highest BCUT2D eigenvalue weighted by Gasteiger charge is 2.34. The van der Waals surface area contributed by atoms with Crippen LogP contribution in [0.3, 0.4) is 0 Å². The topological polar surface area (TPSA) is 75.7 Å². The molecule has 0 atom stereocenters. The fraction of sp³-hybridized carbons (Fsp3) is 0.588. The van der Waals surface area contributed by atoms with Gasteiger partial charge in [-0.15, -0.1) is 0 Å². The molecule has 2 rings (SSSR count). The Kier molecular flexibility index (Phi) is 5.55. The molecule has 0 aliphatic carbocycles. The average Bonchev–Trinajstić information content (AvgIpc) is 2.49. The number of ether oxygens (including phenoxy) is 1. The number of anilines is 1. The van der Waals surface area contributed by atoms with Crippen LogP contribution in [0.25, 0.3) is 0 Å². The Morgan fingerprint density at radius 3 is 2.67 bits per heavy atom. The molecule has 1 aromatic rings. The summed E-state index contributed by atoms with van der Waals surface area (Å²) in [6.45, 7) is 8.11. The van der Waals surface area contributed by atoms with Gasteiger partial charge in [0, 0.05) is 13.5 Å². The number of sulfonamides is 1. The van der Waals surface area contributed by atoms with Crippen LogP contribution in [0.2, 0.25) is 0 Å². The van der Waals surface area contributed by atoms with Crippen LogP contribution < -0.4 is 14.4 Å². The summed E-state index contributed by atoms with van der Waals surface area (Å²) >= 11 is 0. The third kappa shape index (κ3) is 4.27. The molecular formula is C17H26N2O4S. The Hall–Kier alpha value is -1.60. The second-order valence-corrected chi connectivity index (χ2v) is 8.47. The Balaban J connectivity index is 2.30. The van der Waals surface area contributed by atoms with Crippen molar-refractivity contribution in [2.45, 2.75) is 57.5 Å². The lowest BCUT2D eigenvalue weighted by atomic mass is 10.1. The van der Waals surface area contributed by atoms with Gasteiger partial charge in [-0.05, 0) is 38.5 Å². The zero-order valence-electron chi connectivity index (χ0n) is 14.8. The number of carbonyl (C=O) groups is 1. The zero-order valence-corrected chi connectivity index (χ0v) is 15.6. The number of unbranched alkanes of at least 4 members (excludes halogenated alkanes) is 2. The van der Waals surface area contributed by atoms with Crippen molar-refractivity contribution in [1.82, 2.24) is 4.72 Å². The molecule has 1 heterocycles. The van der Waals surface area contributed by atoms with Crippen molar-refractivity contribution in [2.24, 2.45) is 0 Å². The largest absolute Gasteiger partial charge is 0.484 e. The SMILES string of the molecule is CCCCCNS(=O)(=O)c1ccc2c(c1)N(C(C)=O)CC(C)(C)O2. The monoisotopic (exact) mass is 354 g/mol. The molecule has 134 valence electrons. The minimum Gasteiger partial charge on any atom is -0.484 e. The van der Waals surface area contributed by atoms with Gasteiger partial charge in [-0.25, -0.2) is 13.1 Å². The zero-order chi connectivity index (χ0) is 18.0. The van der Waals surface area contributed by atoms with E-state index in [1.807, 2.05) is 13.8 Å². The highest BCUT2D eigenvalue weighted by Crippen LogP contribution is 2.38. The van der Waals surface area contributed by atoms with Crippen LogP contribution in [0.15, 0.2) is 23.1 Å². The lowest BCUT2D eigenvalue weighted by molar-refractivity contribution is -0.117. The lowest BCUT2D eigenvalue weighted by Crippen LogP contribution is -2.48. The lowest BCUT2D eigenvalue weighted by Gasteiger charge is -2.39. The molecule has 0 radical (unpaired) electrons. The summed E-state index contributed by atoms with van der Waals surface area (Å²) in [5.74, 6) is 0.379. The number of rotatable bonds is 6. The molecule has 0 unspecified atom stereocenters. The van der Waals surface area contributed by atoms with Crippen LogP contribution in [-0.4, -0.2) is 33.0 Å². The second kappa shape index (κ2) is 7.11. The van der Waals surface area contributed by atoms with Gasteiger partial charge in [0.1, 0.15) is 11.4 Å². The molecule has 0 fully saturated rings. The molecule has 0 spiro atoms. The first-order chi connectivity index (χ1) is 11.2. The standard InChI is InChI=1S/C17H26N2O4S/c1-5-6-7-10-18-24(21,22)14-8-9-16-15(11-14)19(13(2)20)12-17(3,4)23-16/h8-9,11,18H,5-7,10,12H2,1-4H3. The summed E-state index contributed by atoms with van der Waals surface area (Å²) in [5, 5.41) is 0. The van der Waals surface area contributed by atoms with E-state index >= 15 is 0 Å². The van der Waals surface area contributed by atoms with Gasteiger partial charge in [0.05, 0.1) is 17.1 Å². The number of fused-ring (bicyclic) bond motifs is 1. The molecule has 1 amide bonds. The molecular weight excluding hydrogens is 328 g/mol. The Labute approximate surface area is 144 Å². The fourth-order valence-corrected chi connectivity index (χ4v) is 3.80. The van der Waals surface area contributed by atoms with Crippen LogP contribution in [-0.2, 0) is 14.8 Å². The minimum absolute atomic E-state index is 0.141. The highest BCUT2D eigenvalue weighted by atomic mass is 32.2. The molecule has 7 heteroatoms. The van der Waals surface area contributed by atoms with Crippen molar-refractivity contribution in [3.63, 3.8) is 0 Å². The maximum Gasteiger partial charge on any atom is 0.240 e. The Bertz CT molecular complexity index is 713. The molecule has 24 heavy (non-hydrogen) atoms. The smallest absolute Gasteiger partial charge is 0.240 e. The predicted molar refractivity (Wildman–Crippen MR) is 93.9 cm³/mol. The third-order valence-corrected chi connectivity index (χ3v) is 5.37. The molecule has 0 aromatic heterocycles. The number of hydrogen-bond donors (Lipinski definition) is 1. The Morgan fingerprint density at radius 1 is 1.33 bits per heavy atom. The number of nitrogens with zero attached hydrogens (tertiary/aromatic N) is 1. The second-order valence-electron chi connectivity index (χ2n) is 6.70. The summed E-state index contributed by atoms with van der Waals surface area (Å²) in [6, 6.07) is 4.64. The maximum absolute atomic E-state index is 12.4. The number of amides is 1. The first-order valence-electron chi connectivity index (χ1n) is 8.27. The number of hydrogen-bond acceptors (Lipinski definition) is 4. The van der Waals surface area contributed by atoms with Crippen LogP contribution in [0, 0.1) is 0 Å². The minimum atomic E-state index is -3.60. The van der Waals surface area contributed by atoms with Gasteiger partial charge in [-0.3, -0.25) is 4.79 Å². The van der Waals surface area contributed by atoms with Crippen LogP contribution >= 0.6 is 0 Å². The number of carbonyl (C=O) groups excluding carboxylic acids is 1. The number of benzene rings is 1. The number of nitrogens with one attached hydrogen (secondary N) is 1. The summed E-state index contributed by atoms with van der Waals surface area (Å²) in [7, 11) is -3.60. The summed E-state index contributed by atoms with van der Waals surface area (Å²) < 4.78 is 33.3. The van der Waals surface area contributed by atoms with Crippen LogP contribution in [0.5, 0.6) is 5.75 Å². The van der Waals surface area contributed by atoms with E-state index in [9.17, 15) is 13.2 Å². The van der Waals surface area contributed by atoms with E-state index in [0.29, 0.717) is 24.5 Å². The fourth-order valence-electron chi connectivity index (χ4n) is 2.70. The molecule has 1 aliphatic rings. The van der Waals surface area contributed by atoms with Crippen molar-refractivity contribution < 1.29 is 17.9 Å². The predicted octanol–water partition coefficient (Wildman–Crippen LogP) is 2.68. The van der Waals surface area contributed by atoms with E-state index in [0.717, 1.165) is 19.3 Å². The molecule has 0 saturated heterocycles. The third-order valence-electron chi connectivity index (χ3n) is 3.91. The van der Waals surface area contributed by atoms with Gasteiger partial charge in [-0.2, -0.15) is 0 Å². The average molecular weight is 354 g/mol. The van der Waals surface area contributed by atoms with Crippen molar-refractivity contribution in [2.75, 3.05) is 18.0 Å². The van der Waals surface area contributed by atoms with E-state index in [4.69, 9.17) is 4.74 Å². The van der Waals surface area contributed by atoms with Crippen LogP contribution in [0.4, 0.5) is 5.69 Å². The van der Waals surface area contributed by atoms with Gasteiger partial charge >= 0.3 is 0 Å². The highest BCUT2D eigenvalue weighted by molar-refractivity contribution is 7.89. The molecule has 1 N–H and O–H groups in total. The molecule has 0 saturated carbocycles. The van der Waals surface area contributed by atoms with Gasteiger partial charge in [0.2, 0.25) is 15.9 Å². The van der Waals surface area contributed by atoms with Gasteiger partial charge in [-0.1, -0.05) is 19.8 Å². The van der Waals surface area contributed by atoms with E-state index in [-0.39, 0.29) is 10.8 Å². The van der Waals surface area contributed by atoms with Gasteiger partial charge in [0.25, 0.3) is 0 Å².